The van der Waals surface area contributed by atoms with Gasteiger partial charge in [-0.3, -0.25) is 9.80 Å². The van der Waals surface area contributed by atoms with Crippen LogP contribution < -0.4 is 4.74 Å². The molecule has 1 fully saturated rings. The first-order valence-electron chi connectivity index (χ1n) is 8.82. The lowest BCUT2D eigenvalue weighted by Crippen LogP contribution is -2.30. The Labute approximate surface area is 152 Å². The molecule has 0 atom stereocenters. The summed E-state index contributed by atoms with van der Waals surface area (Å²) in [5, 5.41) is 0. The predicted molar refractivity (Wildman–Crippen MR) is 94.6 cm³/mol. The second-order valence-corrected chi connectivity index (χ2v) is 6.52. The molecule has 0 amide bonds. The molecule has 1 aliphatic rings. The quantitative estimate of drug-likeness (QED) is 0.766. The zero-order valence-electron chi connectivity index (χ0n) is 14.6. The van der Waals surface area contributed by atoms with Crippen molar-refractivity contribution in [2.45, 2.75) is 26.1 Å². The maximum atomic E-state index is 13.8. The minimum atomic E-state index is -2.80. The Balaban J connectivity index is 1.51. The number of ether oxygens (including phenoxy) is 1. The minimum absolute atomic E-state index is 0.153. The number of rotatable bonds is 6. The number of hydrogen-bond donors (Lipinski definition) is 0. The Bertz CT molecular complexity index is 694. The van der Waals surface area contributed by atoms with Crippen LogP contribution >= 0.6 is 0 Å². The molecule has 3 nitrogen and oxygen atoms in total. The monoisotopic (exact) mass is 364 g/mol. The molecule has 1 heterocycles. The minimum Gasteiger partial charge on any atom is -0.435 e. The van der Waals surface area contributed by atoms with E-state index in [4.69, 9.17) is 0 Å². The fraction of sp³-hybridized carbons (Fsp3) is 0.400. The molecule has 0 saturated carbocycles. The van der Waals surface area contributed by atoms with Crippen LogP contribution in [-0.2, 0) is 13.1 Å². The highest BCUT2D eigenvalue weighted by Gasteiger charge is 2.16. The van der Waals surface area contributed by atoms with E-state index in [0.717, 1.165) is 50.3 Å². The molecule has 2 aromatic carbocycles. The summed E-state index contributed by atoms with van der Waals surface area (Å²) in [6.45, 7) is 2.26. The van der Waals surface area contributed by atoms with Crippen LogP contribution in [0.3, 0.4) is 0 Å². The Kier molecular flexibility index (Phi) is 6.52. The third kappa shape index (κ3) is 5.47. The van der Waals surface area contributed by atoms with Gasteiger partial charge in [0.05, 0.1) is 0 Å². The van der Waals surface area contributed by atoms with E-state index in [1.165, 1.54) is 6.07 Å². The average Bonchev–Trinajstić information content (AvgIpc) is 2.84. The average molecular weight is 364 g/mol. The van der Waals surface area contributed by atoms with Gasteiger partial charge in [-0.1, -0.05) is 30.3 Å². The van der Waals surface area contributed by atoms with Gasteiger partial charge in [-0.05, 0) is 43.3 Å². The summed E-state index contributed by atoms with van der Waals surface area (Å²) in [4.78, 5) is 4.61. The number of halogens is 3. The van der Waals surface area contributed by atoms with Crippen molar-refractivity contribution in [3.63, 3.8) is 0 Å². The zero-order valence-corrected chi connectivity index (χ0v) is 14.6. The molecule has 0 spiro atoms. The van der Waals surface area contributed by atoms with Crippen LogP contribution in [0.2, 0.25) is 0 Å². The van der Waals surface area contributed by atoms with Gasteiger partial charge in [0.1, 0.15) is 11.6 Å². The molecule has 140 valence electrons. The van der Waals surface area contributed by atoms with Crippen molar-refractivity contribution in [1.29, 1.82) is 0 Å². The summed E-state index contributed by atoms with van der Waals surface area (Å²) in [5.41, 5.74) is 1.80. The molecule has 0 aromatic heterocycles. The van der Waals surface area contributed by atoms with Crippen molar-refractivity contribution < 1.29 is 17.9 Å². The van der Waals surface area contributed by atoms with Gasteiger partial charge < -0.3 is 4.74 Å². The van der Waals surface area contributed by atoms with E-state index in [-0.39, 0.29) is 11.6 Å². The normalized spacial score (nSPS) is 16.6. The van der Waals surface area contributed by atoms with Crippen molar-refractivity contribution in [2.75, 3.05) is 26.2 Å². The third-order valence-corrected chi connectivity index (χ3v) is 4.59. The summed E-state index contributed by atoms with van der Waals surface area (Å²) in [7, 11) is 0. The van der Waals surface area contributed by atoms with Gasteiger partial charge >= 0.3 is 6.61 Å². The maximum Gasteiger partial charge on any atom is 0.387 e. The molecule has 1 aliphatic heterocycles. The number of hydrogen-bond acceptors (Lipinski definition) is 3. The second kappa shape index (κ2) is 9.05. The van der Waals surface area contributed by atoms with Gasteiger partial charge in [0, 0.05) is 31.7 Å². The van der Waals surface area contributed by atoms with Crippen LogP contribution in [0.15, 0.2) is 48.5 Å². The molecule has 1 saturated heterocycles. The van der Waals surface area contributed by atoms with E-state index in [2.05, 4.69) is 14.5 Å². The van der Waals surface area contributed by atoms with E-state index in [1.54, 1.807) is 18.2 Å². The largest absolute Gasteiger partial charge is 0.435 e. The molecule has 26 heavy (non-hydrogen) atoms. The van der Waals surface area contributed by atoms with E-state index < -0.39 is 6.61 Å². The van der Waals surface area contributed by atoms with E-state index >= 15 is 0 Å². The van der Waals surface area contributed by atoms with Gasteiger partial charge in [0.15, 0.2) is 0 Å². The fourth-order valence-electron chi connectivity index (χ4n) is 3.24. The van der Waals surface area contributed by atoms with Crippen molar-refractivity contribution in [1.82, 2.24) is 9.80 Å². The first kappa shape index (κ1) is 18.7. The molecule has 0 unspecified atom stereocenters. The first-order valence-corrected chi connectivity index (χ1v) is 8.82. The topological polar surface area (TPSA) is 15.7 Å². The smallest absolute Gasteiger partial charge is 0.387 e. The van der Waals surface area contributed by atoms with Crippen LogP contribution in [0.5, 0.6) is 5.75 Å². The zero-order chi connectivity index (χ0) is 18.4. The van der Waals surface area contributed by atoms with E-state index in [0.29, 0.717) is 6.54 Å². The van der Waals surface area contributed by atoms with Gasteiger partial charge in [0.2, 0.25) is 0 Å². The van der Waals surface area contributed by atoms with Crippen molar-refractivity contribution in [3.05, 3.63) is 65.5 Å². The lowest BCUT2D eigenvalue weighted by Gasteiger charge is -2.22. The Hall–Kier alpha value is -2.05. The van der Waals surface area contributed by atoms with Crippen LogP contribution in [-0.4, -0.2) is 42.6 Å². The van der Waals surface area contributed by atoms with Crippen molar-refractivity contribution in [3.8, 4) is 5.75 Å². The van der Waals surface area contributed by atoms with E-state index in [9.17, 15) is 13.2 Å². The highest BCUT2D eigenvalue weighted by atomic mass is 19.3. The van der Waals surface area contributed by atoms with Gasteiger partial charge in [-0.15, -0.1) is 0 Å². The van der Waals surface area contributed by atoms with E-state index in [1.807, 2.05) is 24.3 Å². The Morgan fingerprint density at radius 1 is 0.846 bits per heavy atom. The number of nitrogens with zero attached hydrogens (tertiary/aromatic N) is 2. The summed E-state index contributed by atoms with van der Waals surface area (Å²) < 4.78 is 42.6. The molecule has 2 aromatic rings. The summed E-state index contributed by atoms with van der Waals surface area (Å²) >= 11 is 0. The maximum absolute atomic E-state index is 13.8. The SMILES string of the molecule is Fc1ccccc1CN1CCCN(Cc2ccc(OC(F)F)cc2)CC1. The lowest BCUT2D eigenvalue weighted by atomic mass is 10.2. The molecule has 0 aliphatic carbocycles. The standard InChI is InChI=1S/C20H23F3N2O/c21-19-5-2-1-4-17(19)15-25-11-3-10-24(12-13-25)14-16-6-8-18(9-7-16)26-20(22)23/h1-2,4-9,20H,3,10-15H2. The summed E-state index contributed by atoms with van der Waals surface area (Å²) in [6.07, 6.45) is 1.01. The molecule has 0 N–H and O–H groups in total. The van der Waals surface area contributed by atoms with Gasteiger partial charge in [0.25, 0.3) is 0 Å². The summed E-state index contributed by atoms with van der Waals surface area (Å²) in [6, 6.07) is 13.7. The van der Waals surface area contributed by atoms with Crippen molar-refractivity contribution >= 4 is 0 Å². The molecule has 3 rings (SSSR count). The Morgan fingerprint density at radius 3 is 2.15 bits per heavy atom. The van der Waals surface area contributed by atoms with Gasteiger partial charge in [-0.2, -0.15) is 8.78 Å². The van der Waals surface area contributed by atoms with Crippen LogP contribution in [0.4, 0.5) is 13.2 Å². The second-order valence-electron chi connectivity index (χ2n) is 6.52. The van der Waals surface area contributed by atoms with Crippen LogP contribution in [0.1, 0.15) is 17.5 Å². The highest BCUT2D eigenvalue weighted by Crippen LogP contribution is 2.17. The van der Waals surface area contributed by atoms with Gasteiger partial charge in [-0.25, -0.2) is 4.39 Å². The third-order valence-electron chi connectivity index (χ3n) is 4.59. The molecular weight excluding hydrogens is 341 g/mol. The number of benzene rings is 2. The van der Waals surface area contributed by atoms with Crippen LogP contribution in [0, 0.1) is 5.82 Å². The first-order chi connectivity index (χ1) is 12.6. The molecule has 0 bridgehead atoms. The fourth-order valence-corrected chi connectivity index (χ4v) is 3.24. The summed E-state index contributed by atoms with van der Waals surface area (Å²) in [5.74, 6) is 0.0235. The Morgan fingerprint density at radius 2 is 1.50 bits per heavy atom. The predicted octanol–water partition coefficient (Wildman–Crippen LogP) is 4.14. The molecule has 0 radical (unpaired) electrons. The molecule has 6 heteroatoms. The molecular formula is C20H23F3N2O. The van der Waals surface area contributed by atoms with Crippen LogP contribution in [0.25, 0.3) is 0 Å². The van der Waals surface area contributed by atoms with Crippen molar-refractivity contribution in [2.24, 2.45) is 0 Å². The lowest BCUT2D eigenvalue weighted by molar-refractivity contribution is -0.0498. The number of alkyl halides is 2. The highest BCUT2D eigenvalue weighted by molar-refractivity contribution is 5.27.